The Morgan fingerprint density at radius 3 is 2.32 bits per heavy atom. The number of nitrogens with zero attached hydrogens (tertiary/aromatic N) is 1. The van der Waals surface area contributed by atoms with E-state index in [1.54, 1.807) is 31.1 Å². The zero-order valence-corrected chi connectivity index (χ0v) is 12.0. The van der Waals surface area contributed by atoms with E-state index in [2.05, 4.69) is 10.4 Å². The van der Waals surface area contributed by atoms with Gasteiger partial charge in [-0.15, -0.1) is 11.3 Å². The number of rotatable bonds is 5. The molecule has 1 atom stereocenters. The summed E-state index contributed by atoms with van der Waals surface area (Å²) >= 11 is 1.55. The Balaban J connectivity index is 2.57. The van der Waals surface area contributed by atoms with E-state index in [-0.39, 0.29) is 6.04 Å². The van der Waals surface area contributed by atoms with Crippen LogP contribution in [-0.4, -0.2) is 19.2 Å². The third-order valence-electron chi connectivity index (χ3n) is 2.97. The molecular formula is C13H17N3O2S. The number of aromatic nitrogens is 1. The average molecular weight is 279 g/mol. The second-order valence-electron chi connectivity index (χ2n) is 3.98. The topological polar surface area (TPSA) is 69.4 Å². The maximum absolute atomic E-state index is 5.73. The molecule has 0 aliphatic heterocycles. The molecule has 0 aliphatic rings. The molecule has 1 aromatic heterocycles. The van der Waals surface area contributed by atoms with Gasteiger partial charge in [0.2, 0.25) is 0 Å². The van der Waals surface area contributed by atoms with Crippen LogP contribution in [0.4, 0.5) is 0 Å². The first-order chi connectivity index (χ1) is 9.22. The number of hydrogen-bond donors (Lipinski definition) is 2. The molecule has 0 saturated carbocycles. The Kier molecular flexibility index (Phi) is 4.36. The van der Waals surface area contributed by atoms with Crippen LogP contribution < -0.4 is 20.7 Å². The predicted octanol–water partition coefficient (Wildman–Crippen LogP) is 2.02. The normalized spacial score (nSPS) is 12.2. The Bertz CT molecular complexity index is 534. The van der Waals surface area contributed by atoms with Crippen molar-refractivity contribution in [2.45, 2.75) is 13.0 Å². The second-order valence-corrected chi connectivity index (χ2v) is 4.86. The zero-order valence-electron chi connectivity index (χ0n) is 11.1. The highest BCUT2D eigenvalue weighted by Gasteiger charge is 2.24. The van der Waals surface area contributed by atoms with Gasteiger partial charge in [0.15, 0.2) is 0 Å². The van der Waals surface area contributed by atoms with E-state index in [0.29, 0.717) is 0 Å². The van der Waals surface area contributed by atoms with Crippen LogP contribution in [-0.2, 0) is 0 Å². The van der Waals surface area contributed by atoms with E-state index in [0.717, 1.165) is 27.6 Å². The van der Waals surface area contributed by atoms with Gasteiger partial charge in [-0.05, 0) is 19.1 Å². The number of aryl methyl sites for hydroxylation is 1. The van der Waals surface area contributed by atoms with Gasteiger partial charge in [-0.3, -0.25) is 5.84 Å². The molecule has 0 radical (unpaired) electrons. The second kappa shape index (κ2) is 6.01. The first kappa shape index (κ1) is 13.8. The van der Waals surface area contributed by atoms with Crippen molar-refractivity contribution >= 4 is 11.3 Å². The molecule has 1 aromatic carbocycles. The van der Waals surface area contributed by atoms with Gasteiger partial charge in [-0.1, -0.05) is 6.07 Å². The molecule has 0 saturated heterocycles. The summed E-state index contributed by atoms with van der Waals surface area (Å²) in [6.45, 7) is 1.96. The van der Waals surface area contributed by atoms with E-state index < -0.39 is 0 Å². The maximum Gasteiger partial charge on any atom is 0.127 e. The summed E-state index contributed by atoms with van der Waals surface area (Å²) in [5.74, 6) is 7.19. The van der Waals surface area contributed by atoms with Crippen LogP contribution in [0.2, 0.25) is 0 Å². The van der Waals surface area contributed by atoms with E-state index in [1.165, 1.54) is 0 Å². The lowest BCUT2D eigenvalue weighted by Crippen LogP contribution is -2.29. The largest absolute Gasteiger partial charge is 0.496 e. The van der Waals surface area contributed by atoms with Gasteiger partial charge in [0.1, 0.15) is 11.5 Å². The molecule has 1 unspecified atom stereocenters. The summed E-state index contributed by atoms with van der Waals surface area (Å²) in [6.07, 6.45) is 0. The van der Waals surface area contributed by atoms with E-state index >= 15 is 0 Å². The summed E-state index contributed by atoms with van der Waals surface area (Å²) in [5, 5.41) is 0. The molecule has 5 nitrogen and oxygen atoms in total. The van der Waals surface area contributed by atoms with Gasteiger partial charge in [-0.25, -0.2) is 10.4 Å². The lowest BCUT2D eigenvalue weighted by molar-refractivity contribution is 0.377. The Morgan fingerprint density at radius 1 is 1.26 bits per heavy atom. The lowest BCUT2D eigenvalue weighted by Gasteiger charge is -2.21. The Labute approximate surface area is 116 Å². The van der Waals surface area contributed by atoms with Crippen LogP contribution in [0, 0.1) is 6.92 Å². The highest BCUT2D eigenvalue weighted by molar-refractivity contribution is 7.09. The van der Waals surface area contributed by atoms with Crippen molar-refractivity contribution in [2.75, 3.05) is 14.2 Å². The van der Waals surface area contributed by atoms with Gasteiger partial charge in [-0.2, -0.15) is 0 Å². The third kappa shape index (κ3) is 2.56. The van der Waals surface area contributed by atoms with E-state index in [1.807, 2.05) is 25.1 Å². The fourth-order valence-corrected chi connectivity index (χ4v) is 2.91. The van der Waals surface area contributed by atoms with Gasteiger partial charge >= 0.3 is 0 Å². The van der Waals surface area contributed by atoms with Crippen LogP contribution in [0.1, 0.15) is 22.2 Å². The molecule has 2 aromatic rings. The van der Waals surface area contributed by atoms with Crippen LogP contribution in [0.3, 0.4) is 0 Å². The first-order valence-electron chi connectivity index (χ1n) is 5.80. The number of hydrazine groups is 1. The van der Waals surface area contributed by atoms with Crippen LogP contribution in [0.25, 0.3) is 0 Å². The molecule has 102 valence electrons. The van der Waals surface area contributed by atoms with Gasteiger partial charge in [0, 0.05) is 0 Å². The van der Waals surface area contributed by atoms with Crippen molar-refractivity contribution in [2.24, 2.45) is 5.84 Å². The monoisotopic (exact) mass is 279 g/mol. The molecule has 0 spiro atoms. The summed E-state index contributed by atoms with van der Waals surface area (Å²) in [7, 11) is 3.26. The minimum atomic E-state index is -0.210. The van der Waals surface area contributed by atoms with Crippen LogP contribution in [0.15, 0.2) is 23.7 Å². The van der Waals surface area contributed by atoms with E-state index in [4.69, 9.17) is 15.3 Å². The number of nitrogens with two attached hydrogens (primary N) is 1. The molecule has 1 heterocycles. The predicted molar refractivity (Wildman–Crippen MR) is 75.6 cm³/mol. The highest BCUT2D eigenvalue weighted by atomic mass is 32.1. The average Bonchev–Trinajstić information content (AvgIpc) is 2.86. The van der Waals surface area contributed by atoms with Crippen LogP contribution >= 0.6 is 11.3 Å². The molecule has 0 bridgehead atoms. The summed E-state index contributed by atoms with van der Waals surface area (Å²) in [4.78, 5) is 5.31. The highest BCUT2D eigenvalue weighted by Crippen LogP contribution is 2.38. The Hall–Kier alpha value is -1.63. The van der Waals surface area contributed by atoms with Crippen molar-refractivity contribution in [1.82, 2.24) is 10.4 Å². The number of benzene rings is 1. The minimum absolute atomic E-state index is 0.210. The van der Waals surface area contributed by atoms with Crippen molar-refractivity contribution < 1.29 is 9.47 Å². The molecule has 6 heteroatoms. The number of ether oxygens (including phenoxy) is 2. The molecule has 0 amide bonds. The number of thiazole rings is 1. The van der Waals surface area contributed by atoms with Crippen molar-refractivity contribution in [3.8, 4) is 11.5 Å². The number of nitrogens with one attached hydrogen (secondary N) is 1. The fraction of sp³-hybridized carbons (Fsp3) is 0.308. The molecule has 0 fully saturated rings. The smallest absolute Gasteiger partial charge is 0.127 e. The molecule has 3 N–H and O–H groups in total. The number of methoxy groups -OCH3 is 2. The number of hydrogen-bond acceptors (Lipinski definition) is 6. The summed E-state index contributed by atoms with van der Waals surface area (Å²) in [5.41, 5.74) is 6.45. The standard InChI is InChI=1S/C13H17N3O2S/c1-8-13(19-7-15-8)12(16-14)11-9(17-2)5-4-6-10(11)18-3/h4-7,12,16H,14H2,1-3H3. The van der Waals surface area contributed by atoms with Crippen molar-refractivity contribution in [1.29, 1.82) is 0 Å². The van der Waals surface area contributed by atoms with Crippen molar-refractivity contribution in [3.05, 3.63) is 39.8 Å². The van der Waals surface area contributed by atoms with Gasteiger partial charge in [0.05, 0.1) is 41.9 Å². The Morgan fingerprint density at radius 2 is 1.89 bits per heavy atom. The summed E-state index contributed by atoms with van der Waals surface area (Å²) in [6, 6.07) is 5.45. The van der Waals surface area contributed by atoms with Crippen molar-refractivity contribution in [3.63, 3.8) is 0 Å². The molecule has 2 rings (SSSR count). The zero-order chi connectivity index (χ0) is 13.8. The quantitative estimate of drug-likeness (QED) is 0.647. The van der Waals surface area contributed by atoms with Gasteiger partial charge < -0.3 is 9.47 Å². The minimum Gasteiger partial charge on any atom is -0.496 e. The van der Waals surface area contributed by atoms with Crippen LogP contribution in [0.5, 0.6) is 11.5 Å². The fourth-order valence-electron chi connectivity index (χ4n) is 2.04. The SMILES string of the molecule is COc1cccc(OC)c1C(NN)c1scnc1C. The van der Waals surface area contributed by atoms with Gasteiger partial charge in [0.25, 0.3) is 0 Å². The first-order valence-corrected chi connectivity index (χ1v) is 6.67. The maximum atomic E-state index is 5.73. The molecular weight excluding hydrogens is 262 g/mol. The molecule has 19 heavy (non-hydrogen) atoms. The molecule has 0 aliphatic carbocycles. The summed E-state index contributed by atoms with van der Waals surface area (Å²) < 4.78 is 10.8. The third-order valence-corrected chi connectivity index (χ3v) is 3.96. The van der Waals surface area contributed by atoms with E-state index in [9.17, 15) is 0 Å². The lowest BCUT2D eigenvalue weighted by atomic mass is 10.0.